The van der Waals surface area contributed by atoms with Gasteiger partial charge < -0.3 is 0 Å². The van der Waals surface area contributed by atoms with Gasteiger partial charge in [-0.1, -0.05) is 0 Å². The second kappa shape index (κ2) is 12.7. The Bertz CT molecular complexity index is 903. The molecule has 0 spiro atoms. The van der Waals surface area contributed by atoms with Crippen LogP contribution in [0.5, 0.6) is 0 Å². The van der Waals surface area contributed by atoms with Crippen molar-refractivity contribution in [3.63, 3.8) is 0 Å². The fraction of sp³-hybridized carbons (Fsp3) is 0.600. The summed E-state index contributed by atoms with van der Waals surface area (Å²) in [7, 11) is 0. The number of hydrogen-bond acceptors (Lipinski definition) is 6. The number of anilines is 2. The summed E-state index contributed by atoms with van der Waals surface area (Å²) in [5, 5.41) is 7.49. The summed E-state index contributed by atoms with van der Waals surface area (Å²) < 4.78 is 7.94. The van der Waals surface area contributed by atoms with Crippen molar-refractivity contribution in [1.29, 1.82) is 0 Å². The van der Waals surface area contributed by atoms with Crippen molar-refractivity contribution < 1.29 is 23.5 Å². The van der Waals surface area contributed by atoms with Crippen LogP contribution in [0.4, 0.5) is 11.4 Å². The van der Waals surface area contributed by atoms with Gasteiger partial charge in [0.05, 0.1) is 0 Å². The quantitative estimate of drug-likeness (QED) is 0.256. The third-order valence-electron chi connectivity index (χ3n) is 7.68. The first kappa shape index (κ1) is 28.8. The molecule has 2 heterocycles. The molecule has 2 aliphatic heterocycles. The van der Waals surface area contributed by atoms with Crippen molar-refractivity contribution in [3.05, 3.63) is 58.7 Å². The second-order valence-corrected chi connectivity index (χ2v) is 14.7. The number of para-hydroxylation sites is 2. The Balaban J connectivity index is 1.50. The summed E-state index contributed by atoms with van der Waals surface area (Å²) in [6, 6.07) is 13.8. The van der Waals surface area contributed by atoms with E-state index in [1.165, 1.54) is 33.6 Å². The normalized spacial score (nSPS) is 20.3. The molecule has 4 rings (SSSR count). The van der Waals surface area contributed by atoms with Crippen molar-refractivity contribution in [2.45, 2.75) is 91.6 Å². The average Bonchev–Trinajstić information content (AvgIpc) is 3.52. The van der Waals surface area contributed by atoms with Gasteiger partial charge in [0, 0.05) is 0 Å². The molecule has 2 unspecified atom stereocenters. The van der Waals surface area contributed by atoms with E-state index in [-0.39, 0.29) is 12.6 Å². The minimum absolute atomic E-state index is 0.192. The van der Waals surface area contributed by atoms with Crippen molar-refractivity contribution in [3.8, 4) is 0 Å². The summed E-state index contributed by atoms with van der Waals surface area (Å²) in [5.74, 6) is 2.01. The summed E-state index contributed by atoms with van der Waals surface area (Å²) in [6.07, 6.45) is 0.384. The zero-order valence-electron chi connectivity index (χ0n) is 24.2. The maximum absolute atomic E-state index is 3.97. The first-order valence-electron chi connectivity index (χ1n) is 14.2. The van der Waals surface area contributed by atoms with Crippen LogP contribution in [0.15, 0.2) is 36.4 Å². The molecule has 2 aromatic rings. The van der Waals surface area contributed by atoms with Gasteiger partial charge in [-0.05, 0) is 0 Å². The van der Waals surface area contributed by atoms with E-state index in [4.69, 9.17) is 0 Å². The molecule has 37 heavy (non-hydrogen) atoms. The van der Waals surface area contributed by atoms with Crippen LogP contribution < -0.4 is 27.0 Å². The Labute approximate surface area is 237 Å². The number of benzene rings is 2. The average molecular weight is 671 g/mol. The SMILES string of the molecule is CC(C)c1cccc(C(C)C)c1N1CCNC1[NH][Hf][NH]C1NCCN1c1c(C(C)C)cccc1C(C)C. The molecule has 0 amide bonds. The molecule has 0 aromatic heterocycles. The Kier molecular flexibility index (Phi) is 9.90. The molecule has 0 radical (unpaired) electrons. The number of nitrogens with zero attached hydrogens (tertiary/aromatic N) is 2. The molecule has 0 aliphatic carbocycles. The Morgan fingerprint density at radius 1 is 0.622 bits per heavy atom. The van der Waals surface area contributed by atoms with Gasteiger partial charge in [0.25, 0.3) is 0 Å². The van der Waals surface area contributed by atoms with Crippen LogP contribution in [0, 0.1) is 0 Å². The second-order valence-electron chi connectivity index (χ2n) is 11.7. The maximum atomic E-state index is 3.97. The zero-order valence-corrected chi connectivity index (χ0v) is 27.7. The number of rotatable bonds is 10. The van der Waals surface area contributed by atoms with Crippen molar-refractivity contribution in [1.82, 2.24) is 17.2 Å². The van der Waals surface area contributed by atoms with Gasteiger partial charge in [0.2, 0.25) is 0 Å². The summed E-state index contributed by atoms with van der Waals surface area (Å²) in [4.78, 5) is 5.17. The van der Waals surface area contributed by atoms with Gasteiger partial charge in [0.15, 0.2) is 0 Å². The van der Waals surface area contributed by atoms with Crippen LogP contribution in [0.1, 0.15) is 101 Å². The molecule has 2 saturated heterocycles. The van der Waals surface area contributed by atoms with E-state index < -0.39 is 23.5 Å². The van der Waals surface area contributed by atoms with Crippen LogP contribution in [-0.4, -0.2) is 38.8 Å². The van der Waals surface area contributed by atoms with Crippen LogP contribution in [0.3, 0.4) is 0 Å². The fourth-order valence-electron chi connectivity index (χ4n) is 5.73. The molecule has 0 saturated carbocycles. The van der Waals surface area contributed by atoms with E-state index in [9.17, 15) is 0 Å². The Morgan fingerprint density at radius 2 is 0.946 bits per heavy atom. The molecule has 2 aromatic carbocycles. The molecule has 202 valence electrons. The molecule has 7 heteroatoms. The van der Waals surface area contributed by atoms with E-state index in [2.05, 4.69) is 119 Å². The zero-order chi connectivity index (χ0) is 26.7. The topological polar surface area (TPSA) is 54.6 Å². The van der Waals surface area contributed by atoms with Crippen molar-refractivity contribution >= 4 is 11.4 Å². The first-order chi connectivity index (χ1) is 17.7. The standard InChI is InChI=1S/2C15H24N3.Hf/c2*1-10(2)12-6-5-7-13(11(3)4)14(12)18-9-8-17-15(18)16;/h2*5-7,10-11,15-17H,8-9H2,1-4H3;/q2*-1;+2. The van der Waals surface area contributed by atoms with Gasteiger partial charge >= 0.3 is 238 Å². The molecule has 2 fully saturated rings. The van der Waals surface area contributed by atoms with Crippen LogP contribution in [-0.2, 0) is 23.5 Å². The third-order valence-corrected chi connectivity index (χ3v) is 10.7. The first-order valence-corrected chi connectivity index (χ1v) is 17.8. The summed E-state index contributed by atoms with van der Waals surface area (Å²) in [5.41, 5.74) is 8.70. The molecule has 0 bridgehead atoms. The predicted molar refractivity (Wildman–Crippen MR) is 154 cm³/mol. The van der Waals surface area contributed by atoms with Gasteiger partial charge in [-0.15, -0.1) is 0 Å². The van der Waals surface area contributed by atoms with Gasteiger partial charge in [-0.2, -0.15) is 0 Å². The predicted octanol–water partition coefficient (Wildman–Crippen LogP) is 5.36. The van der Waals surface area contributed by atoms with Gasteiger partial charge in [0.1, 0.15) is 0 Å². The van der Waals surface area contributed by atoms with Crippen molar-refractivity contribution in [2.75, 3.05) is 36.0 Å². The van der Waals surface area contributed by atoms with Crippen molar-refractivity contribution in [2.24, 2.45) is 0 Å². The Hall–Kier alpha value is -1.25. The van der Waals surface area contributed by atoms with E-state index in [1.807, 2.05) is 0 Å². The summed E-state index contributed by atoms with van der Waals surface area (Å²) in [6.45, 7) is 22.6. The minimum atomic E-state index is -1.34. The van der Waals surface area contributed by atoms with Crippen LogP contribution in [0.25, 0.3) is 0 Å². The molecule has 2 atom stereocenters. The summed E-state index contributed by atoms with van der Waals surface area (Å²) >= 11 is -1.34. The van der Waals surface area contributed by atoms with Gasteiger partial charge in [-0.25, -0.2) is 0 Å². The van der Waals surface area contributed by atoms with E-state index in [0.29, 0.717) is 23.7 Å². The monoisotopic (exact) mass is 672 g/mol. The van der Waals surface area contributed by atoms with E-state index in [0.717, 1.165) is 26.2 Å². The van der Waals surface area contributed by atoms with Crippen LogP contribution >= 0.6 is 0 Å². The molecular formula is C30H48HfN6. The molecule has 6 nitrogen and oxygen atoms in total. The van der Waals surface area contributed by atoms with Gasteiger partial charge in [-0.3, -0.25) is 0 Å². The molecule has 4 N–H and O–H groups in total. The van der Waals surface area contributed by atoms with E-state index in [1.54, 1.807) is 0 Å². The molecular weight excluding hydrogens is 623 g/mol. The fourth-order valence-corrected chi connectivity index (χ4v) is 8.86. The Morgan fingerprint density at radius 3 is 1.24 bits per heavy atom. The third kappa shape index (κ3) is 6.33. The van der Waals surface area contributed by atoms with E-state index >= 15 is 0 Å². The molecule has 2 aliphatic rings. The number of nitrogens with one attached hydrogen (secondary N) is 4. The number of hydrogen-bond donors (Lipinski definition) is 4. The van der Waals surface area contributed by atoms with Crippen LogP contribution in [0.2, 0.25) is 0 Å².